The second-order valence-electron chi connectivity index (χ2n) is 5.50. The van der Waals surface area contributed by atoms with E-state index in [0.717, 1.165) is 29.3 Å². The number of aliphatic hydroxyl groups is 1. The molecule has 0 bridgehead atoms. The Balaban J connectivity index is 1.68. The van der Waals surface area contributed by atoms with Crippen molar-refractivity contribution in [1.82, 2.24) is 5.32 Å². The van der Waals surface area contributed by atoms with E-state index in [4.69, 9.17) is 0 Å². The molecule has 1 aliphatic carbocycles. The van der Waals surface area contributed by atoms with Crippen molar-refractivity contribution >= 4 is 17.5 Å². The van der Waals surface area contributed by atoms with E-state index < -0.39 is 35.6 Å². The Morgan fingerprint density at radius 1 is 1.04 bits per heavy atom. The van der Waals surface area contributed by atoms with Gasteiger partial charge in [0.15, 0.2) is 11.6 Å². The minimum Gasteiger partial charge on any atom is -0.390 e. The van der Waals surface area contributed by atoms with Crippen LogP contribution in [-0.2, 0) is 16.0 Å². The molecular weight excluding hydrogens is 318 g/mol. The fraction of sp³-hybridized carbons (Fsp3) is 0.176. The Morgan fingerprint density at radius 2 is 1.79 bits per heavy atom. The molecule has 0 fully saturated rings. The van der Waals surface area contributed by atoms with Crippen molar-refractivity contribution in [2.75, 3.05) is 5.32 Å². The van der Waals surface area contributed by atoms with Gasteiger partial charge in [0, 0.05) is 18.2 Å². The number of carbonyl (C=O) groups excluding carboxylic acids is 2. The number of aliphatic hydroxyl groups excluding tert-OH is 1. The van der Waals surface area contributed by atoms with Crippen LogP contribution in [0.25, 0.3) is 0 Å². The van der Waals surface area contributed by atoms with E-state index in [-0.39, 0.29) is 5.69 Å². The quantitative estimate of drug-likeness (QED) is 0.732. The molecule has 2 aromatic rings. The molecule has 3 N–H and O–H groups in total. The van der Waals surface area contributed by atoms with Crippen molar-refractivity contribution in [2.45, 2.75) is 18.6 Å². The molecule has 0 radical (unpaired) electrons. The molecule has 7 heteroatoms. The van der Waals surface area contributed by atoms with Gasteiger partial charge in [0.25, 0.3) is 0 Å². The average Bonchev–Trinajstić information content (AvgIpc) is 2.87. The molecule has 24 heavy (non-hydrogen) atoms. The molecule has 0 aromatic heterocycles. The van der Waals surface area contributed by atoms with Gasteiger partial charge in [-0.2, -0.15) is 0 Å². The van der Waals surface area contributed by atoms with E-state index in [0.29, 0.717) is 6.42 Å². The summed E-state index contributed by atoms with van der Waals surface area (Å²) in [6.45, 7) is 0. The summed E-state index contributed by atoms with van der Waals surface area (Å²) in [5.74, 6) is -4.19. The van der Waals surface area contributed by atoms with Crippen LogP contribution in [0.15, 0.2) is 42.5 Å². The maximum absolute atomic E-state index is 13.1. The molecule has 1 aliphatic rings. The Morgan fingerprint density at radius 3 is 2.54 bits per heavy atom. The van der Waals surface area contributed by atoms with Gasteiger partial charge in [-0.1, -0.05) is 24.3 Å². The predicted molar refractivity (Wildman–Crippen MR) is 82.0 cm³/mol. The predicted octanol–water partition coefficient (Wildman–Crippen LogP) is 1.68. The molecule has 0 saturated heterocycles. The lowest BCUT2D eigenvalue weighted by Crippen LogP contribution is -2.40. The molecular formula is C17H14F2N2O3. The van der Waals surface area contributed by atoms with Crippen LogP contribution in [0.4, 0.5) is 14.5 Å². The zero-order chi connectivity index (χ0) is 17.3. The molecule has 5 nitrogen and oxygen atoms in total. The largest absolute Gasteiger partial charge is 0.390 e. The van der Waals surface area contributed by atoms with Crippen LogP contribution >= 0.6 is 0 Å². The number of hydrogen-bond donors (Lipinski definition) is 3. The Labute approximate surface area is 136 Å². The van der Waals surface area contributed by atoms with Crippen molar-refractivity contribution in [2.24, 2.45) is 0 Å². The second kappa shape index (κ2) is 6.37. The van der Waals surface area contributed by atoms with E-state index in [2.05, 4.69) is 10.6 Å². The third-order valence-corrected chi connectivity index (χ3v) is 3.87. The highest BCUT2D eigenvalue weighted by atomic mass is 19.2. The summed E-state index contributed by atoms with van der Waals surface area (Å²) in [6, 6.07) is 9.28. The highest BCUT2D eigenvalue weighted by Crippen LogP contribution is 2.31. The minimum absolute atomic E-state index is 0.0404. The van der Waals surface area contributed by atoms with Crippen LogP contribution in [0.2, 0.25) is 0 Å². The van der Waals surface area contributed by atoms with Gasteiger partial charge >= 0.3 is 11.8 Å². The van der Waals surface area contributed by atoms with Gasteiger partial charge in [-0.3, -0.25) is 9.59 Å². The van der Waals surface area contributed by atoms with Crippen LogP contribution in [0.1, 0.15) is 17.2 Å². The number of halogens is 2. The lowest BCUT2D eigenvalue weighted by Gasteiger charge is -2.17. The van der Waals surface area contributed by atoms with Crippen LogP contribution in [0.5, 0.6) is 0 Å². The number of carbonyl (C=O) groups is 2. The normalized spacial score (nSPS) is 18.8. The first-order valence-electron chi connectivity index (χ1n) is 7.28. The fourth-order valence-corrected chi connectivity index (χ4v) is 2.72. The molecule has 2 amide bonds. The Bertz CT molecular complexity index is 810. The number of fused-ring (bicyclic) bond motifs is 1. The molecule has 124 valence electrons. The topological polar surface area (TPSA) is 78.4 Å². The first kappa shape index (κ1) is 16.1. The summed E-state index contributed by atoms with van der Waals surface area (Å²) in [5, 5.41) is 14.7. The van der Waals surface area contributed by atoms with Crippen molar-refractivity contribution in [3.05, 3.63) is 65.2 Å². The van der Waals surface area contributed by atoms with E-state index in [9.17, 15) is 23.5 Å². The molecule has 0 saturated carbocycles. The molecule has 2 atom stereocenters. The number of hydrogen-bond acceptors (Lipinski definition) is 3. The number of benzene rings is 2. The van der Waals surface area contributed by atoms with Gasteiger partial charge in [0.1, 0.15) is 0 Å². The van der Waals surface area contributed by atoms with Gasteiger partial charge in [-0.25, -0.2) is 8.78 Å². The van der Waals surface area contributed by atoms with Crippen LogP contribution < -0.4 is 10.6 Å². The number of rotatable bonds is 2. The first-order valence-corrected chi connectivity index (χ1v) is 7.28. The summed E-state index contributed by atoms with van der Waals surface area (Å²) < 4.78 is 26.0. The van der Waals surface area contributed by atoms with Gasteiger partial charge in [-0.15, -0.1) is 0 Å². The van der Waals surface area contributed by atoms with Gasteiger partial charge in [-0.05, 0) is 23.3 Å². The SMILES string of the molecule is O=C(Nc1ccc(F)c(F)c1)C(=O)NC1c2ccccc2CC1O. The van der Waals surface area contributed by atoms with Gasteiger partial charge < -0.3 is 15.7 Å². The van der Waals surface area contributed by atoms with Crippen molar-refractivity contribution in [3.63, 3.8) is 0 Å². The third-order valence-electron chi connectivity index (χ3n) is 3.87. The molecule has 2 unspecified atom stereocenters. The molecule has 0 aliphatic heterocycles. The second-order valence-corrected chi connectivity index (χ2v) is 5.50. The van der Waals surface area contributed by atoms with E-state index in [1.807, 2.05) is 12.1 Å². The van der Waals surface area contributed by atoms with Gasteiger partial charge in [0.2, 0.25) is 0 Å². The maximum atomic E-state index is 13.1. The zero-order valence-electron chi connectivity index (χ0n) is 12.4. The number of amides is 2. The van der Waals surface area contributed by atoms with E-state index >= 15 is 0 Å². The summed E-state index contributed by atoms with van der Waals surface area (Å²) in [6.07, 6.45) is -0.450. The maximum Gasteiger partial charge on any atom is 0.313 e. The molecule has 2 aromatic carbocycles. The summed E-state index contributed by atoms with van der Waals surface area (Å²) in [7, 11) is 0. The van der Waals surface area contributed by atoms with E-state index in [1.54, 1.807) is 12.1 Å². The summed E-state index contributed by atoms with van der Waals surface area (Å²) in [5.41, 5.74) is 1.61. The van der Waals surface area contributed by atoms with E-state index in [1.165, 1.54) is 0 Å². The monoisotopic (exact) mass is 332 g/mol. The summed E-state index contributed by atoms with van der Waals surface area (Å²) in [4.78, 5) is 23.9. The number of anilines is 1. The lowest BCUT2D eigenvalue weighted by molar-refractivity contribution is -0.137. The first-order chi connectivity index (χ1) is 11.5. The minimum atomic E-state index is -1.13. The standard InChI is InChI=1S/C17H14F2N2O3/c18-12-6-5-10(8-13(12)19)20-16(23)17(24)21-15-11-4-2-1-3-9(11)7-14(15)22/h1-6,8,14-15,22H,7H2,(H,20,23)(H,21,24). The number of nitrogens with one attached hydrogen (secondary N) is 2. The lowest BCUT2D eigenvalue weighted by atomic mass is 10.1. The highest BCUT2D eigenvalue weighted by Gasteiger charge is 2.33. The van der Waals surface area contributed by atoms with Crippen LogP contribution in [0.3, 0.4) is 0 Å². The highest BCUT2D eigenvalue weighted by molar-refractivity contribution is 6.39. The smallest absolute Gasteiger partial charge is 0.313 e. The molecule has 3 rings (SSSR count). The molecule has 0 heterocycles. The fourth-order valence-electron chi connectivity index (χ4n) is 2.72. The zero-order valence-corrected chi connectivity index (χ0v) is 12.4. The average molecular weight is 332 g/mol. The van der Waals surface area contributed by atoms with Crippen molar-refractivity contribution in [1.29, 1.82) is 0 Å². The summed E-state index contributed by atoms with van der Waals surface area (Å²) >= 11 is 0. The van der Waals surface area contributed by atoms with Crippen LogP contribution in [-0.4, -0.2) is 23.0 Å². The Kier molecular flexibility index (Phi) is 4.26. The van der Waals surface area contributed by atoms with Crippen LogP contribution in [0, 0.1) is 11.6 Å². The third kappa shape index (κ3) is 3.11. The molecule has 0 spiro atoms. The van der Waals surface area contributed by atoms with Crippen molar-refractivity contribution < 1.29 is 23.5 Å². The van der Waals surface area contributed by atoms with Gasteiger partial charge in [0.05, 0.1) is 12.1 Å². The Hall–Kier alpha value is -2.80. The van der Waals surface area contributed by atoms with Crippen molar-refractivity contribution in [3.8, 4) is 0 Å².